The zero-order valence-corrected chi connectivity index (χ0v) is 9.85. The van der Waals surface area contributed by atoms with Crippen molar-refractivity contribution in [1.82, 2.24) is 9.97 Å². The topological polar surface area (TPSA) is 127 Å². The molecular weight excluding hydrogens is 240 g/mol. The van der Waals surface area contributed by atoms with Gasteiger partial charge in [-0.1, -0.05) is 0 Å². The van der Waals surface area contributed by atoms with Crippen LogP contribution in [0.15, 0.2) is 12.4 Å². The molecule has 0 saturated carbocycles. The second-order valence-corrected chi connectivity index (χ2v) is 4.06. The van der Waals surface area contributed by atoms with Gasteiger partial charge in [0.1, 0.15) is 6.10 Å². The fourth-order valence-corrected chi connectivity index (χ4v) is 1.37. The van der Waals surface area contributed by atoms with E-state index < -0.39 is 24.9 Å². The monoisotopic (exact) mass is 258 g/mol. The molecule has 0 fully saturated rings. The first-order valence-electron chi connectivity index (χ1n) is 5.62. The molecule has 0 radical (unpaired) electrons. The second-order valence-electron chi connectivity index (χ2n) is 4.06. The molecule has 3 unspecified atom stereocenters. The second kappa shape index (κ2) is 7.34. The summed E-state index contributed by atoms with van der Waals surface area (Å²) in [6.45, 7) is -0.861. The molecule has 0 aliphatic carbocycles. The highest BCUT2D eigenvalue weighted by molar-refractivity contribution is 5.04. The molecule has 5 N–H and O–H groups in total. The minimum atomic E-state index is -1.21. The van der Waals surface area contributed by atoms with E-state index >= 15 is 0 Å². The van der Waals surface area contributed by atoms with Gasteiger partial charge in [-0.3, -0.25) is 9.97 Å². The van der Waals surface area contributed by atoms with Crippen LogP contribution in [-0.2, 0) is 12.8 Å². The first kappa shape index (κ1) is 14.9. The third-order valence-electron chi connectivity index (χ3n) is 2.46. The number of aliphatic hydroxyl groups excluding tert-OH is 5. The van der Waals surface area contributed by atoms with Gasteiger partial charge in [0.2, 0.25) is 0 Å². The molecule has 0 spiro atoms. The van der Waals surface area contributed by atoms with Crippen LogP contribution in [0, 0.1) is 0 Å². The summed E-state index contributed by atoms with van der Waals surface area (Å²) in [6, 6.07) is 0. The SMILES string of the molecule is OCC(O)Cc1cnc(CC(O)C(O)CO)cn1. The average molecular weight is 258 g/mol. The summed E-state index contributed by atoms with van der Waals surface area (Å²) in [7, 11) is 0. The van der Waals surface area contributed by atoms with Gasteiger partial charge in [-0.15, -0.1) is 0 Å². The van der Waals surface area contributed by atoms with E-state index in [1.807, 2.05) is 0 Å². The van der Waals surface area contributed by atoms with Gasteiger partial charge in [-0.25, -0.2) is 0 Å². The molecule has 0 aromatic carbocycles. The Morgan fingerprint density at radius 1 is 0.833 bits per heavy atom. The molecular formula is C11H18N2O5. The van der Waals surface area contributed by atoms with E-state index in [0.29, 0.717) is 11.4 Å². The van der Waals surface area contributed by atoms with Crippen molar-refractivity contribution >= 4 is 0 Å². The third-order valence-corrected chi connectivity index (χ3v) is 2.46. The zero-order valence-electron chi connectivity index (χ0n) is 9.85. The van der Waals surface area contributed by atoms with Gasteiger partial charge in [0.15, 0.2) is 0 Å². The summed E-state index contributed by atoms with van der Waals surface area (Å²) in [5.74, 6) is 0. The lowest BCUT2D eigenvalue weighted by molar-refractivity contribution is -0.0137. The number of aromatic nitrogens is 2. The van der Waals surface area contributed by atoms with E-state index in [4.69, 9.17) is 10.2 Å². The highest BCUT2D eigenvalue weighted by Crippen LogP contribution is 2.04. The number of nitrogens with zero attached hydrogens (tertiary/aromatic N) is 2. The quantitative estimate of drug-likeness (QED) is 0.370. The Bertz CT molecular complexity index is 346. The van der Waals surface area contributed by atoms with Crippen LogP contribution in [0.5, 0.6) is 0 Å². The minimum absolute atomic E-state index is 0.0809. The van der Waals surface area contributed by atoms with Crippen molar-refractivity contribution < 1.29 is 25.5 Å². The van der Waals surface area contributed by atoms with Crippen molar-refractivity contribution in [3.8, 4) is 0 Å². The molecule has 0 saturated heterocycles. The van der Waals surface area contributed by atoms with Gasteiger partial charge in [-0.05, 0) is 0 Å². The number of hydrogen-bond acceptors (Lipinski definition) is 7. The number of hydrogen-bond donors (Lipinski definition) is 5. The van der Waals surface area contributed by atoms with Gasteiger partial charge in [0, 0.05) is 25.2 Å². The van der Waals surface area contributed by atoms with Crippen LogP contribution in [0.4, 0.5) is 0 Å². The first-order chi connectivity index (χ1) is 8.56. The smallest absolute Gasteiger partial charge is 0.103 e. The van der Waals surface area contributed by atoms with Gasteiger partial charge in [0.25, 0.3) is 0 Å². The van der Waals surface area contributed by atoms with E-state index in [-0.39, 0.29) is 19.4 Å². The molecule has 1 aromatic rings. The molecule has 1 aromatic heterocycles. The van der Waals surface area contributed by atoms with E-state index in [1.54, 1.807) is 0 Å². The normalized spacial score (nSPS) is 16.3. The maximum Gasteiger partial charge on any atom is 0.103 e. The number of rotatable bonds is 7. The molecule has 0 aliphatic rings. The Hall–Kier alpha value is -1.12. The molecule has 0 amide bonds. The Kier molecular flexibility index (Phi) is 6.10. The molecule has 18 heavy (non-hydrogen) atoms. The summed E-state index contributed by atoms with van der Waals surface area (Å²) in [5.41, 5.74) is 0.995. The van der Waals surface area contributed by atoms with Crippen molar-refractivity contribution in [3.63, 3.8) is 0 Å². The Balaban J connectivity index is 2.55. The van der Waals surface area contributed by atoms with E-state index in [9.17, 15) is 15.3 Å². The van der Waals surface area contributed by atoms with E-state index in [0.717, 1.165) is 0 Å². The lowest BCUT2D eigenvalue weighted by atomic mass is 10.1. The third kappa shape index (κ3) is 4.63. The number of aliphatic hydroxyl groups is 5. The minimum Gasteiger partial charge on any atom is -0.394 e. The fourth-order valence-electron chi connectivity index (χ4n) is 1.37. The summed E-state index contributed by atoms with van der Waals surface area (Å²) in [6.07, 6.45) is -0.0323. The van der Waals surface area contributed by atoms with Crippen molar-refractivity contribution in [2.24, 2.45) is 0 Å². The molecule has 1 rings (SSSR count). The van der Waals surface area contributed by atoms with Crippen molar-refractivity contribution in [2.45, 2.75) is 31.2 Å². The maximum atomic E-state index is 9.47. The summed E-state index contributed by atoms with van der Waals surface area (Å²) >= 11 is 0. The standard InChI is InChI=1S/C11H18N2O5/c14-5-9(16)1-7-3-13-8(4-12-7)2-10(17)11(18)6-15/h3-4,9-11,14-18H,1-2,5-6H2. The molecule has 0 bridgehead atoms. The maximum absolute atomic E-state index is 9.47. The van der Waals surface area contributed by atoms with Crippen molar-refractivity contribution in [2.75, 3.05) is 13.2 Å². The summed E-state index contributed by atoms with van der Waals surface area (Å²) < 4.78 is 0. The molecule has 3 atom stereocenters. The van der Waals surface area contributed by atoms with Crippen molar-refractivity contribution in [3.05, 3.63) is 23.8 Å². The van der Waals surface area contributed by atoms with Gasteiger partial charge < -0.3 is 25.5 Å². The van der Waals surface area contributed by atoms with Crippen LogP contribution in [0.3, 0.4) is 0 Å². The van der Waals surface area contributed by atoms with Crippen LogP contribution in [0.1, 0.15) is 11.4 Å². The summed E-state index contributed by atoms with van der Waals surface area (Å²) in [5, 5.41) is 45.2. The Morgan fingerprint density at radius 2 is 1.39 bits per heavy atom. The fraction of sp³-hybridized carbons (Fsp3) is 0.636. The van der Waals surface area contributed by atoms with Crippen LogP contribution in [0.2, 0.25) is 0 Å². The van der Waals surface area contributed by atoms with E-state index in [1.165, 1.54) is 12.4 Å². The summed E-state index contributed by atoms with van der Waals surface area (Å²) in [4.78, 5) is 8.03. The Labute approximate surface area is 104 Å². The van der Waals surface area contributed by atoms with Crippen LogP contribution < -0.4 is 0 Å². The predicted octanol–water partition coefficient (Wildman–Crippen LogP) is -2.37. The predicted molar refractivity (Wildman–Crippen MR) is 61.6 cm³/mol. The zero-order chi connectivity index (χ0) is 13.5. The van der Waals surface area contributed by atoms with E-state index in [2.05, 4.69) is 9.97 Å². The lowest BCUT2D eigenvalue weighted by Crippen LogP contribution is -2.31. The molecule has 1 heterocycles. The first-order valence-corrected chi connectivity index (χ1v) is 5.62. The van der Waals surface area contributed by atoms with Gasteiger partial charge in [0.05, 0.1) is 36.8 Å². The van der Waals surface area contributed by atoms with Crippen molar-refractivity contribution in [1.29, 1.82) is 0 Å². The molecule has 0 aliphatic heterocycles. The molecule has 7 nitrogen and oxygen atoms in total. The van der Waals surface area contributed by atoms with Gasteiger partial charge >= 0.3 is 0 Å². The van der Waals surface area contributed by atoms with Gasteiger partial charge in [-0.2, -0.15) is 0 Å². The Morgan fingerprint density at radius 3 is 1.83 bits per heavy atom. The van der Waals surface area contributed by atoms with Crippen LogP contribution >= 0.6 is 0 Å². The lowest BCUT2D eigenvalue weighted by Gasteiger charge is -2.14. The molecule has 7 heteroatoms. The largest absolute Gasteiger partial charge is 0.394 e. The van der Waals surface area contributed by atoms with Crippen LogP contribution in [-0.4, -0.2) is 67.0 Å². The highest BCUT2D eigenvalue weighted by Gasteiger charge is 2.16. The highest BCUT2D eigenvalue weighted by atomic mass is 16.4. The molecule has 102 valence electrons. The van der Waals surface area contributed by atoms with Crippen LogP contribution in [0.25, 0.3) is 0 Å². The average Bonchev–Trinajstić information content (AvgIpc) is 2.39.